The summed E-state index contributed by atoms with van der Waals surface area (Å²) in [5.41, 5.74) is 0.923. The van der Waals surface area contributed by atoms with E-state index in [9.17, 15) is 4.79 Å². The Bertz CT molecular complexity index is 587. The Balaban J connectivity index is 2.12. The van der Waals surface area contributed by atoms with Crippen molar-refractivity contribution in [2.75, 3.05) is 7.11 Å². The van der Waals surface area contributed by atoms with Gasteiger partial charge in [0.25, 0.3) is 0 Å². The molecule has 3 nitrogen and oxygen atoms in total. The zero-order chi connectivity index (χ0) is 13.8. The normalized spacial score (nSPS) is 10.5. The third kappa shape index (κ3) is 3.26. The molecule has 0 aliphatic rings. The molecule has 2 aromatic rings. The standard InChI is InChI=1S/C15H15BrO3/c1-3-11-5-7-15(19-11)13(17)9-10-4-6-14(18-2)12(16)8-10/h4-8H,3,9H2,1-2H3. The minimum atomic E-state index is -0.0169. The summed E-state index contributed by atoms with van der Waals surface area (Å²) >= 11 is 3.41. The highest BCUT2D eigenvalue weighted by molar-refractivity contribution is 9.10. The first-order valence-corrected chi connectivity index (χ1v) is 6.87. The maximum Gasteiger partial charge on any atom is 0.202 e. The fraction of sp³-hybridized carbons (Fsp3) is 0.267. The largest absolute Gasteiger partial charge is 0.496 e. The van der Waals surface area contributed by atoms with Gasteiger partial charge in [-0.2, -0.15) is 0 Å². The van der Waals surface area contributed by atoms with E-state index in [1.165, 1.54) is 0 Å². The van der Waals surface area contributed by atoms with Crippen molar-refractivity contribution in [2.45, 2.75) is 19.8 Å². The van der Waals surface area contributed by atoms with Crippen molar-refractivity contribution in [1.82, 2.24) is 0 Å². The van der Waals surface area contributed by atoms with Crippen LogP contribution in [0.2, 0.25) is 0 Å². The van der Waals surface area contributed by atoms with E-state index in [2.05, 4.69) is 15.9 Å². The van der Waals surface area contributed by atoms with Crippen LogP contribution in [0.5, 0.6) is 5.75 Å². The van der Waals surface area contributed by atoms with Crippen molar-refractivity contribution in [3.8, 4) is 5.75 Å². The van der Waals surface area contributed by atoms with E-state index >= 15 is 0 Å². The smallest absolute Gasteiger partial charge is 0.202 e. The molecule has 1 aromatic heterocycles. The lowest BCUT2D eigenvalue weighted by Gasteiger charge is -2.05. The fourth-order valence-corrected chi connectivity index (χ4v) is 2.40. The summed E-state index contributed by atoms with van der Waals surface area (Å²) in [5.74, 6) is 1.99. The number of ketones is 1. The van der Waals surface area contributed by atoms with Crippen LogP contribution in [0, 0.1) is 0 Å². The van der Waals surface area contributed by atoms with Crippen molar-refractivity contribution >= 4 is 21.7 Å². The molecule has 100 valence electrons. The van der Waals surface area contributed by atoms with Gasteiger partial charge in [0, 0.05) is 12.8 Å². The molecule has 0 aliphatic heterocycles. The van der Waals surface area contributed by atoms with Crippen molar-refractivity contribution in [3.05, 3.63) is 51.9 Å². The van der Waals surface area contributed by atoms with Crippen molar-refractivity contribution in [3.63, 3.8) is 0 Å². The highest BCUT2D eigenvalue weighted by Gasteiger charge is 2.12. The first-order valence-electron chi connectivity index (χ1n) is 6.08. The molecule has 19 heavy (non-hydrogen) atoms. The second-order valence-electron chi connectivity index (χ2n) is 4.19. The van der Waals surface area contributed by atoms with Crippen molar-refractivity contribution in [2.24, 2.45) is 0 Å². The molecule has 0 unspecified atom stereocenters. The Morgan fingerprint density at radius 1 is 1.32 bits per heavy atom. The predicted octanol–water partition coefficient (Wildman–Crippen LogP) is 4.04. The summed E-state index contributed by atoms with van der Waals surface area (Å²) < 4.78 is 11.5. The van der Waals surface area contributed by atoms with Gasteiger partial charge >= 0.3 is 0 Å². The molecule has 0 fully saturated rings. The number of rotatable bonds is 5. The molecule has 0 aliphatic carbocycles. The van der Waals surface area contributed by atoms with E-state index in [-0.39, 0.29) is 5.78 Å². The zero-order valence-electron chi connectivity index (χ0n) is 10.9. The summed E-state index contributed by atoms with van der Waals surface area (Å²) in [6.07, 6.45) is 1.11. The number of carbonyl (C=O) groups is 1. The first kappa shape index (κ1) is 13.9. The highest BCUT2D eigenvalue weighted by Crippen LogP contribution is 2.26. The minimum absolute atomic E-state index is 0.0169. The number of benzene rings is 1. The second kappa shape index (κ2) is 6.06. The molecule has 4 heteroatoms. The third-order valence-corrected chi connectivity index (χ3v) is 3.49. The third-order valence-electron chi connectivity index (χ3n) is 2.87. The lowest BCUT2D eigenvalue weighted by molar-refractivity contribution is 0.0964. The second-order valence-corrected chi connectivity index (χ2v) is 5.04. The van der Waals surface area contributed by atoms with E-state index in [4.69, 9.17) is 9.15 Å². The minimum Gasteiger partial charge on any atom is -0.496 e. The number of halogens is 1. The van der Waals surface area contributed by atoms with E-state index in [0.717, 1.165) is 28.0 Å². The molecular weight excluding hydrogens is 308 g/mol. The maximum absolute atomic E-state index is 12.1. The van der Waals surface area contributed by atoms with Crippen LogP contribution in [0.25, 0.3) is 0 Å². The van der Waals surface area contributed by atoms with Crippen LogP contribution in [0.15, 0.2) is 39.2 Å². The molecule has 0 N–H and O–H groups in total. The summed E-state index contributed by atoms with van der Waals surface area (Å²) in [6, 6.07) is 9.19. The fourth-order valence-electron chi connectivity index (χ4n) is 1.81. The maximum atomic E-state index is 12.1. The Kier molecular flexibility index (Phi) is 4.43. The van der Waals surface area contributed by atoms with Crippen LogP contribution in [-0.4, -0.2) is 12.9 Å². The number of Topliss-reactive ketones (excluding diaryl/α,β-unsaturated/α-hetero) is 1. The van der Waals surface area contributed by atoms with Gasteiger partial charge < -0.3 is 9.15 Å². The topological polar surface area (TPSA) is 39.4 Å². The molecular formula is C15H15BrO3. The predicted molar refractivity (Wildman–Crippen MR) is 76.8 cm³/mol. The summed E-state index contributed by atoms with van der Waals surface area (Å²) in [5, 5.41) is 0. The Morgan fingerprint density at radius 2 is 2.11 bits per heavy atom. The van der Waals surface area contributed by atoms with Crippen LogP contribution in [-0.2, 0) is 12.8 Å². The van der Waals surface area contributed by atoms with Gasteiger partial charge in [-0.15, -0.1) is 0 Å². The monoisotopic (exact) mass is 322 g/mol. The molecule has 2 rings (SSSR count). The van der Waals surface area contributed by atoms with Crippen molar-refractivity contribution in [1.29, 1.82) is 0 Å². The number of aryl methyl sites for hydroxylation is 1. The van der Waals surface area contributed by atoms with Gasteiger partial charge in [0.1, 0.15) is 11.5 Å². The summed E-state index contributed by atoms with van der Waals surface area (Å²) in [6.45, 7) is 1.99. The SMILES string of the molecule is CCc1ccc(C(=O)Cc2ccc(OC)c(Br)c2)o1. The van der Waals surface area contributed by atoms with E-state index < -0.39 is 0 Å². The quantitative estimate of drug-likeness (QED) is 0.780. The van der Waals surface area contributed by atoms with Gasteiger partial charge in [-0.3, -0.25) is 4.79 Å². The van der Waals surface area contributed by atoms with Crippen LogP contribution in [0.4, 0.5) is 0 Å². The van der Waals surface area contributed by atoms with Crippen LogP contribution in [0.3, 0.4) is 0 Å². The highest BCUT2D eigenvalue weighted by atomic mass is 79.9. The van der Waals surface area contributed by atoms with Gasteiger partial charge in [0.15, 0.2) is 5.76 Å². The molecule has 0 spiro atoms. The average molecular weight is 323 g/mol. The van der Waals surface area contributed by atoms with Crippen LogP contribution < -0.4 is 4.74 Å². The molecule has 0 saturated carbocycles. The van der Waals surface area contributed by atoms with Gasteiger partial charge in [-0.25, -0.2) is 0 Å². The lowest BCUT2D eigenvalue weighted by Crippen LogP contribution is -2.02. The summed E-state index contributed by atoms with van der Waals surface area (Å²) in [7, 11) is 1.61. The number of ether oxygens (including phenoxy) is 1. The molecule has 1 heterocycles. The van der Waals surface area contributed by atoms with Gasteiger partial charge in [-0.05, 0) is 45.8 Å². The van der Waals surface area contributed by atoms with E-state index in [1.54, 1.807) is 13.2 Å². The Morgan fingerprint density at radius 3 is 2.68 bits per heavy atom. The number of carbonyl (C=O) groups excluding carboxylic acids is 1. The molecule has 0 saturated heterocycles. The van der Waals surface area contributed by atoms with Crippen LogP contribution >= 0.6 is 15.9 Å². The number of methoxy groups -OCH3 is 1. The molecule has 0 radical (unpaired) electrons. The van der Waals surface area contributed by atoms with Crippen molar-refractivity contribution < 1.29 is 13.9 Å². The first-order chi connectivity index (χ1) is 9.13. The summed E-state index contributed by atoms with van der Waals surface area (Å²) in [4.78, 5) is 12.1. The van der Waals surface area contributed by atoms with E-state index in [0.29, 0.717) is 12.2 Å². The molecule has 1 aromatic carbocycles. The van der Waals surface area contributed by atoms with Gasteiger partial charge in [0.05, 0.1) is 11.6 Å². The number of hydrogen-bond acceptors (Lipinski definition) is 3. The molecule has 0 bridgehead atoms. The van der Waals surface area contributed by atoms with Gasteiger partial charge in [0.2, 0.25) is 5.78 Å². The molecule has 0 atom stereocenters. The number of hydrogen-bond donors (Lipinski definition) is 0. The average Bonchev–Trinajstić information content (AvgIpc) is 2.88. The Labute approximate surface area is 120 Å². The van der Waals surface area contributed by atoms with E-state index in [1.807, 2.05) is 31.2 Å². The number of furan rings is 1. The van der Waals surface area contributed by atoms with Gasteiger partial charge in [-0.1, -0.05) is 13.0 Å². The van der Waals surface area contributed by atoms with Crippen LogP contribution in [0.1, 0.15) is 28.8 Å². The molecule has 0 amide bonds. The lowest BCUT2D eigenvalue weighted by atomic mass is 10.1. The zero-order valence-corrected chi connectivity index (χ0v) is 12.5. The Hall–Kier alpha value is -1.55.